The summed E-state index contributed by atoms with van der Waals surface area (Å²) in [5.41, 5.74) is -0.117. The van der Waals surface area contributed by atoms with Gasteiger partial charge in [0.25, 0.3) is 5.91 Å². The molecular formula is C17H21N3O6. The number of carboxylic acids is 1. The zero-order valence-electron chi connectivity index (χ0n) is 14.2. The molecule has 0 radical (unpaired) electrons. The summed E-state index contributed by atoms with van der Waals surface area (Å²) in [6, 6.07) is 3.09. The number of anilines is 1. The number of nitrogens with zero attached hydrogens (tertiary/aromatic N) is 3. The van der Waals surface area contributed by atoms with Crippen LogP contribution in [0, 0.1) is 0 Å². The summed E-state index contributed by atoms with van der Waals surface area (Å²) in [6.45, 7) is 3.36. The lowest BCUT2D eigenvalue weighted by Crippen LogP contribution is -2.52. The van der Waals surface area contributed by atoms with E-state index in [0.29, 0.717) is 32.7 Å². The number of piperazine rings is 1. The first-order chi connectivity index (χ1) is 12.4. The molecule has 2 aliphatic heterocycles. The van der Waals surface area contributed by atoms with Gasteiger partial charge in [-0.1, -0.05) is 0 Å². The van der Waals surface area contributed by atoms with Crippen molar-refractivity contribution in [1.29, 1.82) is 0 Å². The molecule has 3 rings (SSSR count). The van der Waals surface area contributed by atoms with Gasteiger partial charge in [-0.25, -0.2) is 9.69 Å². The number of phenols is 1. The molecule has 2 aliphatic rings. The van der Waals surface area contributed by atoms with Crippen molar-refractivity contribution in [2.24, 2.45) is 0 Å². The lowest BCUT2D eigenvalue weighted by atomic mass is 10.1. The van der Waals surface area contributed by atoms with Crippen LogP contribution in [0.2, 0.25) is 0 Å². The number of carbonyl (C=O) groups is 3. The fourth-order valence-electron chi connectivity index (χ4n) is 3.45. The molecule has 0 saturated carbocycles. The minimum absolute atomic E-state index is 0.0558. The zero-order chi connectivity index (χ0) is 18.8. The molecule has 26 heavy (non-hydrogen) atoms. The molecule has 1 unspecified atom stereocenters. The van der Waals surface area contributed by atoms with E-state index in [1.165, 1.54) is 12.1 Å². The van der Waals surface area contributed by atoms with Gasteiger partial charge in [-0.15, -0.1) is 0 Å². The summed E-state index contributed by atoms with van der Waals surface area (Å²) in [7, 11) is 0. The van der Waals surface area contributed by atoms with Crippen LogP contribution in [0.3, 0.4) is 0 Å². The second kappa shape index (κ2) is 7.40. The standard InChI is InChI=1S/C17H21N3O6/c21-8-7-18-3-5-19(6-4-18)13-10-15(23)20(16(13)24)11-1-2-12(17(25)26)14(22)9-11/h1-2,9,13,21-22H,3-8,10H2,(H,25,26). The molecule has 0 spiro atoms. The van der Waals surface area contributed by atoms with Crippen LogP contribution >= 0.6 is 0 Å². The fourth-order valence-corrected chi connectivity index (χ4v) is 3.45. The summed E-state index contributed by atoms with van der Waals surface area (Å²) >= 11 is 0. The number of hydrogen-bond donors (Lipinski definition) is 3. The Morgan fingerprint density at radius 3 is 2.42 bits per heavy atom. The van der Waals surface area contributed by atoms with Gasteiger partial charge in [0.1, 0.15) is 11.3 Å². The van der Waals surface area contributed by atoms with E-state index in [1.54, 1.807) is 0 Å². The Balaban J connectivity index is 1.73. The highest BCUT2D eigenvalue weighted by atomic mass is 16.4. The van der Waals surface area contributed by atoms with E-state index in [-0.39, 0.29) is 36.1 Å². The average Bonchev–Trinajstić information content (AvgIpc) is 2.90. The second-order valence-corrected chi connectivity index (χ2v) is 6.40. The van der Waals surface area contributed by atoms with E-state index in [2.05, 4.69) is 4.90 Å². The van der Waals surface area contributed by atoms with Gasteiger partial charge in [0.15, 0.2) is 0 Å². The van der Waals surface area contributed by atoms with Crippen LogP contribution in [0.15, 0.2) is 18.2 Å². The number of imide groups is 1. The summed E-state index contributed by atoms with van der Waals surface area (Å²) in [5.74, 6) is -2.52. The van der Waals surface area contributed by atoms with Crippen molar-refractivity contribution < 1.29 is 29.7 Å². The Morgan fingerprint density at radius 1 is 1.15 bits per heavy atom. The molecule has 3 N–H and O–H groups in total. The Labute approximate surface area is 150 Å². The molecule has 0 aromatic heterocycles. The molecule has 9 heteroatoms. The molecule has 1 aromatic rings. The molecule has 9 nitrogen and oxygen atoms in total. The first kappa shape index (κ1) is 18.3. The van der Waals surface area contributed by atoms with Crippen molar-refractivity contribution in [1.82, 2.24) is 9.80 Å². The van der Waals surface area contributed by atoms with Crippen molar-refractivity contribution in [2.75, 3.05) is 44.2 Å². The lowest BCUT2D eigenvalue weighted by Gasteiger charge is -2.36. The minimum atomic E-state index is -1.29. The number of benzene rings is 1. The molecule has 0 bridgehead atoms. The van der Waals surface area contributed by atoms with Gasteiger partial charge < -0.3 is 15.3 Å². The van der Waals surface area contributed by atoms with Crippen molar-refractivity contribution in [2.45, 2.75) is 12.5 Å². The minimum Gasteiger partial charge on any atom is -0.507 e. The number of aliphatic hydroxyl groups is 1. The SMILES string of the molecule is O=C(O)c1ccc(N2C(=O)CC(N3CCN(CCO)CC3)C2=O)cc1O. The van der Waals surface area contributed by atoms with E-state index >= 15 is 0 Å². The second-order valence-electron chi connectivity index (χ2n) is 6.40. The number of β-amino-alcohol motifs (C(OH)–C–C–N with tert-alkyl or cyclic N) is 1. The number of aromatic hydroxyl groups is 1. The maximum Gasteiger partial charge on any atom is 0.339 e. The number of amides is 2. The van der Waals surface area contributed by atoms with Crippen molar-refractivity contribution >= 4 is 23.5 Å². The number of aliphatic hydroxyl groups excluding tert-OH is 1. The highest BCUT2D eigenvalue weighted by molar-refractivity contribution is 6.22. The van der Waals surface area contributed by atoms with Gasteiger partial charge in [-0.3, -0.25) is 19.4 Å². The summed E-state index contributed by atoms with van der Waals surface area (Å²) in [4.78, 5) is 41.2. The van der Waals surface area contributed by atoms with Crippen LogP contribution in [-0.4, -0.2) is 88.3 Å². The van der Waals surface area contributed by atoms with Crippen molar-refractivity contribution in [3.63, 3.8) is 0 Å². The quantitative estimate of drug-likeness (QED) is 0.589. The topological polar surface area (TPSA) is 122 Å². The van der Waals surface area contributed by atoms with Gasteiger partial charge in [-0.05, 0) is 12.1 Å². The Morgan fingerprint density at radius 2 is 1.85 bits per heavy atom. The van der Waals surface area contributed by atoms with Crippen LogP contribution < -0.4 is 4.90 Å². The molecule has 140 valence electrons. The Bertz CT molecular complexity index is 729. The van der Waals surface area contributed by atoms with Crippen LogP contribution in [0.25, 0.3) is 0 Å². The average molecular weight is 363 g/mol. The highest BCUT2D eigenvalue weighted by Gasteiger charge is 2.43. The monoisotopic (exact) mass is 363 g/mol. The predicted molar refractivity (Wildman–Crippen MR) is 91.1 cm³/mol. The van der Waals surface area contributed by atoms with Gasteiger partial charge in [0.2, 0.25) is 5.91 Å². The fraction of sp³-hybridized carbons (Fsp3) is 0.471. The molecule has 1 aromatic carbocycles. The molecule has 2 heterocycles. The van der Waals surface area contributed by atoms with Crippen molar-refractivity contribution in [3.05, 3.63) is 23.8 Å². The van der Waals surface area contributed by atoms with Crippen molar-refractivity contribution in [3.8, 4) is 5.75 Å². The predicted octanol–water partition coefficient (Wildman–Crippen LogP) is -0.668. The number of hydrogen-bond acceptors (Lipinski definition) is 7. The maximum absolute atomic E-state index is 12.8. The normalized spacial score (nSPS) is 22.2. The summed E-state index contributed by atoms with van der Waals surface area (Å²) < 4.78 is 0. The molecule has 1 atom stereocenters. The van der Waals surface area contributed by atoms with Crippen LogP contribution in [0.1, 0.15) is 16.8 Å². The van der Waals surface area contributed by atoms with Gasteiger partial charge in [-0.2, -0.15) is 0 Å². The number of rotatable bonds is 5. The van der Waals surface area contributed by atoms with Crippen LogP contribution in [0.4, 0.5) is 5.69 Å². The first-order valence-electron chi connectivity index (χ1n) is 8.42. The third-order valence-corrected chi connectivity index (χ3v) is 4.86. The zero-order valence-corrected chi connectivity index (χ0v) is 14.2. The summed E-state index contributed by atoms with van der Waals surface area (Å²) in [6.07, 6.45) is 0.0558. The number of carboxylic acid groups (broad SMARTS) is 1. The molecule has 2 fully saturated rings. The van der Waals surface area contributed by atoms with E-state index in [9.17, 15) is 19.5 Å². The lowest BCUT2D eigenvalue weighted by molar-refractivity contribution is -0.123. The molecule has 2 amide bonds. The Hall–Kier alpha value is -2.49. The molecule has 0 aliphatic carbocycles. The van der Waals surface area contributed by atoms with E-state index < -0.39 is 17.8 Å². The van der Waals surface area contributed by atoms with Crippen LogP contribution in [-0.2, 0) is 9.59 Å². The maximum atomic E-state index is 12.8. The molecule has 2 saturated heterocycles. The largest absolute Gasteiger partial charge is 0.507 e. The van der Waals surface area contributed by atoms with Crippen LogP contribution in [0.5, 0.6) is 5.75 Å². The van der Waals surface area contributed by atoms with E-state index in [1.807, 2.05) is 4.90 Å². The third-order valence-electron chi connectivity index (χ3n) is 4.86. The highest BCUT2D eigenvalue weighted by Crippen LogP contribution is 2.30. The third kappa shape index (κ3) is 3.41. The van der Waals surface area contributed by atoms with Gasteiger partial charge >= 0.3 is 5.97 Å². The number of carbonyl (C=O) groups excluding carboxylic acids is 2. The summed E-state index contributed by atoms with van der Waals surface area (Å²) in [5, 5.41) is 27.8. The number of aromatic carboxylic acids is 1. The molecular weight excluding hydrogens is 342 g/mol. The van der Waals surface area contributed by atoms with Gasteiger partial charge in [0, 0.05) is 38.8 Å². The smallest absolute Gasteiger partial charge is 0.339 e. The van der Waals surface area contributed by atoms with E-state index in [0.717, 1.165) is 11.0 Å². The first-order valence-corrected chi connectivity index (χ1v) is 8.42. The van der Waals surface area contributed by atoms with Gasteiger partial charge in [0.05, 0.1) is 24.8 Å². The Kier molecular flexibility index (Phi) is 5.21. The van der Waals surface area contributed by atoms with E-state index in [4.69, 9.17) is 10.2 Å².